The summed E-state index contributed by atoms with van der Waals surface area (Å²) in [6, 6.07) is 11.1. The molecule has 3 aromatic rings. The smallest absolute Gasteiger partial charge is 0.264 e. The van der Waals surface area contributed by atoms with Crippen LogP contribution in [-0.4, -0.2) is 20.7 Å². The van der Waals surface area contributed by atoms with Crippen LogP contribution < -0.4 is 5.32 Å². The third kappa shape index (κ3) is 3.74. The Labute approximate surface area is 149 Å². The van der Waals surface area contributed by atoms with Gasteiger partial charge in [-0.3, -0.25) is 4.79 Å². The molecule has 0 radical (unpaired) electrons. The quantitative estimate of drug-likeness (QED) is 0.734. The molecule has 1 aliphatic rings. The second kappa shape index (κ2) is 6.72. The first kappa shape index (κ1) is 15.9. The van der Waals surface area contributed by atoms with Crippen LogP contribution in [0.25, 0.3) is 11.6 Å². The molecule has 6 nitrogen and oxygen atoms in total. The Kier molecular flexibility index (Phi) is 4.28. The largest absolute Gasteiger partial charge is 0.419 e. The van der Waals surface area contributed by atoms with Crippen LogP contribution in [0.15, 0.2) is 47.0 Å². The van der Waals surface area contributed by atoms with Gasteiger partial charge < -0.3 is 14.3 Å². The van der Waals surface area contributed by atoms with E-state index in [0.29, 0.717) is 29.3 Å². The Bertz CT molecular complexity index is 881. The lowest BCUT2D eigenvalue weighted by Crippen LogP contribution is -2.27. The van der Waals surface area contributed by atoms with Crippen molar-refractivity contribution in [1.29, 1.82) is 0 Å². The number of hydrogen-bond donors (Lipinski definition) is 1. The monoisotopic (exact) mass is 356 g/mol. The number of hydrogen-bond acceptors (Lipinski definition) is 4. The van der Waals surface area contributed by atoms with E-state index >= 15 is 0 Å². The zero-order chi connectivity index (χ0) is 17.2. The van der Waals surface area contributed by atoms with E-state index in [2.05, 4.69) is 15.5 Å². The van der Waals surface area contributed by atoms with Crippen molar-refractivity contribution in [3.63, 3.8) is 0 Å². The molecule has 1 amide bonds. The summed E-state index contributed by atoms with van der Waals surface area (Å²) in [6.07, 6.45) is 4.05. The molecule has 2 aromatic heterocycles. The summed E-state index contributed by atoms with van der Waals surface area (Å²) in [5.74, 6) is 1.47. The summed E-state index contributed by atoms with van der Waals surface area (Å²) in [4.78, 5) is 12.2. The number of rotatable bonds is 6. The molecule has 0 bridgehead atoms. The minimum Gasteiger partial charge on any atom is -0.419 e. The number of carbonyl (C=O) groups is 1. The lowest BCUT2D eigenvalue weighted by Gasteiger charge is -2.08. The van der Waals surface area contributed by atoms with Crippen LogP contribution in [0, 0.1) is 0 Å². The Morgan fingerprint density at radius 2 is 2.04 bits per heavy atom. The normalized spacial score (nSPS) is 13.8. The van der Waals surface area contributed by atoms with Crippen LogP contribution in [0.1, 0.15) is 30.2 Å². The van der Waals surface area contributed by atoms with Crippen molar-refractivity contribution in [1.82, 2.24) is 20.1 Å². The fourth-order valence-corrected chi connectivity index (χ4v) is 2.72. The van der Waals surface area contributed by atoms with Crippen molar-refractivity contribution >= 4 is 17.5 Å². The Morgan fingerprint density at radius 1 is 1.24 bits per heavy atom. The standard InChI is InChI=1S/C18H17ClN4O2/c19-14-7-3-12(4-8-14)10-20-16(24)11-23-9-1-2-15(23)18-22-21-17(25-18)13-5-6-13/h1-4,7-9,13H,5-6,10-11H2,(H,20,24). The zero-order valence-corrected chi connectivity index (χ0v) is 14.2. The summed E-state index contributed by atoms with van der Waals surface area (Å²) >= 11 is 5.86. The van der Waals surface area contributed by atoms with Crippen LogP contribution in [0.3, 0.4) is 0 Å². The lowest BCUT2D eigenvalue weighted by molar-refractivity contribution is -0.121. The fourth-order valence-electron chi connectivity index (χ4n) is 2.59. The number of nitrogens with zero attached hydrogens (tertiary/aromatic N) is 3. The Morgan fingerprint density at radius 3 is 2.80 bits per heavy atom. The van der Waals surface area contributed by atoms with Gasteiger partial charge in [0.1, 0.15) is 12.2 Å². The molecule has 0 atom stereocenters. The second-order valence-electron chi connectivity index (χ2n) is 6.14. The third-order valence-corrected chi connectivity index (χ3v) is 4.38. The van der Waals surface area contributed by atoms with Gasteiger partial charge in [-0.15, -0.1) is 10.2 Å². The predicted molar refractivity (Wildman–Crippen MR) is 93.0 cm³/mol. The molecular formula is C18H17ClN4O2. The summed E-state index contributed by atoms with van der Waals surface area (Å²) < 4.78 is 7.53. The van der Waals surface area contributed by atoms with Gasteiger partial charge in [-0.2, -0.15) is 0 Å². The molecule has 7 heteroatoms. The van der Waals surface area contributed by atoms with Crippen molar-refractivity contribution in [2.24, 2.45) is 0 Å². The molecule has 2 heterocycles. The number of nitrogens with one attached hydrogen (secondary N) is 1. The van der Waals surface area contributed by atoms with E-state index in [-0.39, 0.29) is 12.5 Å². The number of carbonyl (C=O) groups excluding carboxylic acids is 1. The summed E-state index contributed by atoms with van der Waals surface area (Å²) in [5.41, 5.74) is 1.75. The molecule has 1 N–H and O–H groups in total. The van der Waals surface area contributed by atoms with Crippen LogP contribution in [-0.2, 0) is 17.9 Å². The van der Waals surface area contributed by atoms with Crippen molar-refractivity contribution in [3.8, 4) is 11.6 Å². The number of amides is 1. The van der Waals surface area contributed by atoms with Gasteiger partial charge in [0, 0.05) is 23.7 Å². The maximum absolute atomic E-state index is 12.2. The SMILES string of the molecule is O=C(Cn1cccc1-c1nnc(C2CC2)o1)NCc1ccc(Cl)cc1. The van der Waals surface area contributed by atoms with Crippen molar-refractivity contribution < 1.29 is 9.21 Å². The fraction of sp³-hybridized carbons (Fsp3) is 0.278. The van der Waals surface area contributed by atoms with E-state index < -0.39 is 0 Å². The van der Waals surface area contributed by atoms with Gasteiger partial charge in [-0.1, -0.05) is 23.7 Å². The number of halogens is 1. The maximum atomic E-state index is 12.2. The van der Waals surface area contributed by atoms with Crippen LogP contribution in [0.2, 0.25) is 5.02 Å². The molecule has 25 heavy (non-hydrogen) atoms. The minimum absolute atomic E-state index is 0.0886. The molecule has 1 aliphatic carbocycles. The van der Waals surface area contributed by atoms with E-state index in [1.165, 1.54) is 0 Å². The van der Waals surface area contributed by atoms with E-state index in [0.717, 1.165) is 24.1 Å². The summed E-state index contributed by atoms with van der Waals surface area (Å²) in [7, 11) is 0. The lowest BCUT2D eigenvalue weighted by atomic mass is 10.2. The maximum Gasteiger partial charge on any atom is 0.264 e. The second-order valence-corrected chi connectivity index (χ2v) is 6.58. The average molecular weight is 357 g/mol. The van der Waals surface area contributed by atoms with Gasteiger partial charge in [0.25, 0.3) is 5.89 Å². The first-order chi connectivity index (χ1) is 12.2. The predicted octanol–water partition coefficient (Wildman–Crippen LogP) is 3.39. The van der Waals surface area contributed by atoms with E-state index in [9.17, 15) is 4.79 Å². The topological polar surface area (TPSA) is 73.0 Å². The first-order valence-electron chi connectivity index (χ1n) is 8.19. The molecule has 0 spiro atoms. The van der Waals surface area contributed by atoms with E-state index in [4.69, 9.17) is 16.0 Å². The highest BCUT2D eigenvalue weighted by Gasteiger charge is 2.29. The van der Waals surface area contributed by atoms with Gasteiger partial charge in [-0.25, -0.2) is 0 Å². The highest BCUT2D eigenvalue weighted by molar-refractivity contribution is 6.30. The van der Waals surface area contributed by atoms with Crippen LogP contribution in [0.4, 0.5) is 0 Å². The molecular weight excluding hydrogens is 340 g/mol. The van der Waals surface area contributed by atoms with Gasteiger partial charge in [0.15, 0.2) is 0 Å². The Balaban J connectivity index is 1.39. The molecule has 0 saturated heterocycles. The molecule has 0 aliphatic heterocycles. The zero-order valence-electron chi connectivity index (χ0n) is 13.5. The van der Waals surface area contributed by atoms with Crippen molar-refractivity contribution in [2.75, 3.05) is 0 Å². The third-order valence-electron chi connectivity index (χ3n) is 4.13. The number of benzene rings is 1. The molecule has 1 saturated carbocycles. The molecule has 1 aromatic carbocycles. The molecule has 128 valence electrons. The molecule has 4 rings (SSSR count). The van der Waals surface area contributed by atoms with Crippen LogP contribution >= 0.6 is 11.6 Å². The average Bonchev–Trinajstić information content (AvgIpc) is 3.16. The highest BCUT2D eigenvalue weighted by Crippen LogP contribution is 2.39. The van der Waals surface area contributed by atoms with E-state index in [1.807, 2.05) is 30.5 Å². The summed E-state index contributed by atoms with van der Waals surface area (Å²) in [6.45, 7) is 0.649. The van der Waals surface area contributed by atoms with Gasteiger partial charge in [0.2, 0.25) is 11.8 Å². The first-order valence-corrected chi connectivity index (χ1v) is 8.57. The molecule has 1 fully saturated rings. The van der Waals surface area contributed by atoms with Crippen molar-refractivity contribution in [3.05, 3.63) is 59.1 Å². The van der Waals surface area contributed by atoms with Crippen LogP contribution in [0.5, 0.6) is 0 Å². The van der Waals surface area contributed by atoms with Gasteiger partial charge >= 0.3 is 0 Å². The number of aromatic nitrogens is 3. The Hall–Kier alpha value is -2.60. The molecule has 0 unspecified atom stereocenters. The van der Waals surface area contributed by atoms with E-state index in [1.54, 1.807) is 16.7 Å². The summed E-state index contributed by atoms with van der Waals surface area (Å²) in [5, 5.41) is 11.8. The van der Waals surface area contributed by atoms with Crippen molar-refractivity contribution in [2.45, 2.75) is 31.8 Å². The van der Waals surface area contributed by atoms with Gasteiger partial charge in [0.05, 0.1) is 0 Å². The van der Waals surface area contributed by atoms with Gasteiger partial charge in [-0.05, 0) is 42.7 Å². The minimum atomic E-state index is -0.0886. The highest BCUT2D eigenvalue weighted by atomic mass is 35.5.